The van der Waals surface area contributed by atoms with Crippen molar-refractivity contribution in [3.05, 3.63) is 60.7 Å². The van der Waals surface area contributed by atoms with Crippen molar-refractivity contribution in [3.63, 3.8) is 0 Å². The van der Waals surface area contributed by atoms with Gasteiger partial charge in [0.15, 0.2) is 5.76 Å². The topological polar surface area (TPSA) is 78.9 Å². The molecular formula is C24H25N3O2S. The van der Waals surface area contributed by atoms with Crippen molar-refractivity contribution in [3.8, 4) is 28.7 Å². The summed E-state index contributed by atoms with van der Waals surface area (Å²) in [6.45, 7) is 7.34. The van der Waals surface area contributed by atoms with Gasteiger partial charge in [-0.1, -0.05) is 86.3 Å². The molecule has 1 amide bonds. The Morgan fingerprint density at radius 1 is 1.07 bits per heavy atom. The molecule has 2 aromatic carbocycles. The average molecular weight is 420 g/mol. The van der Waals surface area contributed by atoms with Crippen molar-refractivity contribution in [1.29, 1.82) is 5.26 Å². The summed E-state index contributed by atoms with van der Waals surface area (Å²) in [6.07, 6.45) is 0. The fraction of sp³-hybridized carbons (Fsp3) is 0.292. The third kappa shape index (κ3) is 4.74. The number of aromatic nitrogens is 1. The lowest BCUT2D eigenvalue weighted by Crippen LogP contribution is -2.51. The first kappa shape index (κ1) is 21.7. The van der Waals surface area contributed by atoms with E-state index in [9.17, 15) is 10.1 Å². The van der Waals surface area contributed by atoms with Gasteiger partial charge < -0.3 is 9.73 Å². The molecule has 0 spiro atoms. The molecule has 3 aromatic rings. The van der Waals surface area contributed by atoms with Gasteiger partial charge in [0.05, 0.1) is 11.3 Å². The summed E-state index contributed by atoms with van der Waals surface area (Å²) in [4.78, 5) is 17.4. The summed E-state index contributed by atoms with van der Waals surface area (Å²) in [5.74, 6) is 0.430. The van der Waals surface area contributed by atoms with Crippen molar-refractivity contribution < 1.29 is 9.21 Å². The first-order valence-electron chi connectivity index (χ1n) is 9.85. The molecule has 0 aliphatic carbocycles. The van der Waals surface area contributed by atoms with E-state index in [1.165, 1.54) is 11.8 Å². The fourth-order valence-corrected chi connectivity index (χ4v) is 3.54. The third-order valence-electron chi connectivity index (χ3n) is 5.11. The van der Waals surface area contributed by atoms with Gasteiger partial charge in [-0.3, -0.25) is 4.79 Å². The summed E-state index contributed by atoms with van der Waals surface area (Å²) < 4.78 is 6.09. The number of hydrogen-bond donors (Lipinski definition) is 1. The normalized spacial score (nSPS) is 14.0. The number of carbonyl (C=O) groups excluding carboxylic acids is 1. The molecule has 0 aliphatic heterocycles. The molecule has 154 valence electrons. The summed E-state index contributed by atoms with van der Waals surface area (Å²) in [6, 6.07) is 21.8. The van der Waals surface area contributed by atoms with Crippen LogP contribution >= 0.6 is 11.8 Å². The van der Waals surface area contributed by atoms with Crippen molar-refractivity contribution in [2.45, 2.75) is 43.7 Å². The van der Waals surface area contributed by atoms with Crippen LogP contribution in [0.2, 0.25) is 0 Å². The lowest BCUT2D eigenvalue weighted by atomic mass is 9.90. The van der Waals surface area contributed by atoms with E-state index in [-0.39, 0.29) is 11.8 Å². The van der Waals surface area contributed by atoms with Crippen molar-refractivity contribution in [2.75, 3.05) is 0 Å². The predicted molar refractivity (Wildman–Crippen MR) is 120 cm³/mol. The van der Waals surface area contributed by atoms with Gasteiger partial charge in [0.1, 0.15) is 11.2 Å². The molecule has 2 atom stereocenters. The van der Waals surface area contributed by atoms with E-state index in [2.05, 4.69) is 16.4 Å². The van der Waals surface area contributed by atoms with E-state index < -0.39 is 10.8 Å². The predicted octanol–water partition coefficient (Wildman–Crippen LogP) is 5.54. The smallest absolute Gasteiger partial charge is 0.257 e. The summed E-state index contributed by atoms with van der Waals surface area (Å²) in [5, 5.41) is 12.3. The van der Waals surface area contributed by atoms with Crippen molar-refractivity contribution >= 4 is 17.7 Å². The van der Waals surface area contributed by atoms with Crippen LogP contribution < -0.4 is 5.32 Å². The van der Waals surface area contributed by atoms with Gasteiger partial charge in [0, 0.05) is 11.1 Å². The molecular weight excluding hydrogens is 394 g/mol. The van der Waals surface area contributed by atoms with Crippen LogP contribution in [-0.2, 0) is 4.79 Å². The van der Waals surface area contributed by atoms with Crippen molar-refractivity contribution in [2.24, 2.45) is 5.92 Å². The van der Waals surface area contributed by atoms with Gasteiger partial charge in [-0.2, -0.15) is 5.26 Å². The summed E-state index contributed by atoms with van der Waals surface area (Å²) in [5.41, 5.74) is 1.68. The van der Waals surface area contributed by atoms with Crippen LogP contribution in [0, 0.1) is 17.2 Å². The van der Waals surface area contributed by atoms with Crippen LogP contribution in [0.15, 0.2) is 70.3 Å². The molecule has 2 unspecified atom stereocenters. The minimum Gasteiger partial charge on any atom is -0.431 e. The number of rotatable bonds is 7. The van der Waals surface area contributed by atoms with Crippen LogP contribution in [0.1, 0.15) is 27.7 Å². The van der Waals surface area contributed by atoms with Gasteiger partial charge >= 0.3 is 0 Å². The number of nitrogens with one attached hydrogen (secondary N) is 1. The lowest BCUT2D eigenvalue weighted by molar-refractivity contribution is -0.121. The number of amides is 1. The highest BCUT2D eigenvalue weighted by Crippen LogP contribution is 2.36. The van der Waals surface area contributed by atoms with E-state index in [0.29, 0.717) is 11.0 Å². The molecule has 0 radical (unpaired) electrons. The Bertz CT molecular complexity index is 984. The molecule has 0 fully saturated rings. The van der Waals surface area contributed by atoms with E-state index in [0.717, 1.165) is 16.8 Å². The Labute approximate surface area is 181 Å². The second kappa shape index (κ2) is 9.19. The molecule has 1 N–H and O–H groups in total. The number of nitrogens with zero attached hydrogens (tertiary/aromatic N) is 2. The molecule has 3 rings (SSSR count). The molecule has 6 heteroatoms. The minimum atomic E-state index is -0.924. The minimum absolute atomic E-state index is 0.0141. The van der Waals surface area contributed by atoms with E-state index in [1.807, 2.05) is 74.5 Å². The Morgan fingerprint density at radius 2 is 1.63 bits per heavy atom. The second-order valence-corrected chi connectivity index (χ2v) is 8.90. The Hall–Kier alpha value is -3.04. The quantitative estimate of drug-likeness (QED) is 0.508. The SMILES string of the molecule is CC(Sc1nc(-c2ccccc2)c(-c2ccccc2)o1)C(=O)NC(C)(C#N)C(C)C. The van der Waals surface area contributed by atoms with Gasteiger partial charge in [-0.15, -0.1) is 0 Å². The van der Waals surface area contributed by atoms with Crippen LogP contribution in [0.4, 0.5) is 0 Å². The highest BCUT2D eigenvalue weighted by atomic mass is 32.2. The Kier molecular flexibility index (Phi) is 6.63. The Balaban J connectivity index is 1.87. The standard InChI is InChI=1S/C24H25N3O2S/c1-16(2)24(4,15-25)27-22(28)17(3)30-23-26-20(18-11-7-5-8-12-18)21(29-23)19-13-9-6-10-14-19/h5-14,16-17H,1-4H3,(H,27,28). The second-order valence-electron chi connectivity index (χ2n) is 7.61. The highest BCUT2D eigenvalue weighted by molar-refractivity contribution is 8.00. The molecule has 1 heterocycles. The maximum absolute atomic E-state index is 12.7. The van der Waals surface area contributed by atoms with E-state index >= 15 is 0 Å². The number of hydrogen-bond acceptors (Lipinski definition) is 5. The first-order valence-corrected chi connectivity index (χ1v) is 10.7. The molecule has 5 nitrogen and oxygen atoms in total. The van der Waals surface area contributed by atoms with Crippen LogP contribution in [-0.4, -0.2) is 21.7 Å². The van der Waals surface area contributed by atoms with Gasteiger partial charge in [-0.05, 0) is 19.8 Å². The third-order valence-corrected chi connectivity index (χ3v) is 6.05. The molecule has 0 aliphatic rings. The zero-order chi connectivity index (χ0) is 21.7. The summed E-state index contributed by atoms with van der Waals surface area (Å²) in [7, 11) is 0. The molecule has 30 heavy (non-hydrogen) atoms. The average Bonchev–Trinajstić information content (AvgIpc) is 3.18. The van der Waals surface area contributed by atoms with Crippen molar-refractivity contribution in [1.82, 2.24) is 10.3 Å². The summed E-state index contributed by atoms with van der Waals surface area (Å²) >= 11 is 1.24. The first-order chi connectivity index (χ1) is 14.3. The number of carbonyl (C=O) groups is 1. The number of nitriles is 1. The van der Waals surface area contributed by atoms with E-state index in [1.54, 1.807) is 13.8 Å². The number of benzene rings is 2. The maximum atomic E-state index is 12.7. The largest absolute Gasteiger partial charge is 0.431 e. The lowest BCUT2D eigenvalue weighted by Gasteiger charge is -2.28. The van der Waals surface area contributed by atoms with Gasteiger partial charge in [0.2, 0.25) is 5.91 Å². The van der Waals surface area contributed by atoms with Gasteiger partial charge in [0.25, 0.3) is 5.22 Å². The monoisotopic (exact) mass is 419 g/mol. The zero-order valence-electron chi connectivity index (χ0n) is 17.5. The van der Waals surface area contributed by atoms with Crippen LogP contribution in [0.5, 0.6) is 0 Å². The highest BCUT2D eigenvalue weighted by Gasteiger charge is 2.32. The van der Waals surface area contributed by atoms with E-state index in [4.69, 9.17) is 4.42 Å². The number of oxazole rings is 1. The Morgan fingerprint density at radius 3 is 2.17 bits per heavy atom. The maximum Gasteiger partial charge on any atom is 0.257 e. The van der Waals surface area contributed by atoms with Crippen LogP contribution in [0.3, 0.4) is 0 Å². The molecule has 0 saturated carbocycles. The molecule has 1 aromatic heterocycles. The van der Waals surface area contributed by atoms with Gasteiger partial charge in [-0.25, -0.2) is 4.98 Å². The number of thioether (sulfide) groups is 1. The van der Waals surface area contributed by atoms with Crippen LogP contribution in [0.25, 0.3) is 22.6 Å². The fourth-order valence-electron chi connectivity index (χ4n) is 2.79. The zero-order valence-corrected chi connectivity index (χ0v) is 18.4. The molecule has 0 bridgehead atoms. The molecule has 0 saturated heterocycles.